The van der Waals surface area contributed by atoms with Gasteiger partial charge in [-0.1, -0.05) is 6.07 Å². The molecule has 1 heterocycles. The monoisotopic (exact) mass is 306 g/mol. The van der Waals surface area contributed by atoms with Gasteiger partial charge in [-0.25, -0.2) is 4.79 Å². The van der Waals surface area contributed by atoms with Crippen molar-refractivity contribution in [3.63, 3.8) is 0 Å². The van der Waals surface area contributed by atoms with Crippen LogP contribution in [-0.2, 0) is 14.3 Å². The van der Waals surface area contributed by atoms with Gasteiger partial charge in [0.2, 0.25) is 0 Å². The van der Waals surface area contributed by atoms with Gasteiger partial charge in [-0.2, -0.15) is 0 Å². The number of phenolic OH excluding ortho intramolecular Hbond substituents is 1. The Hall–Kier alpha value is -2.54. The molecule has 116 valence electrons. The smallest absolute Gasteiger partial charge is 0.358 e. The zero-order chi connectivity index (χ0) is 16.1. The van der Waals surface area contributed by atoms with E-state index < -0.39 is 29.2 Å². The second kappa shape index (κ2) is 4.74. The first kappa shape index (κ1) is 14.4. The number of benzene rings is 1. The van der Waals surface area contributed by atoms with Gasteiger partial charge in [0.25, 0.3) is 5.60 Å². The number of ether oxygens (including phenoxy) is 2. The van der Waals surface area contributed by atoms with E-state index in [9.17, 15) is 24.9 Å². The molecule has 0 radical (unpaired) electrons. The molecule has 7 nitrogen and oxygen atoms in total. The fraction of sp³-hybridized carbons (Fsp3) is 0.333. The zero-order valence-corrected chi connectivity index (χ0v) is 11.7. The van der Waals surface area contributed by atoms with Crippen LogP contribution in [0.3, 0.4) is 0 Å². The van der Waals surface area contributed by atoms with Crippen LogP contribution >= 0.6 is 0 Å². The van der Waals surface area contributed by atoms with Gasteiger partial charge in [0, 0.05) is 6.42 Å². The Kier molecular flexibility index (Phi) is 3.10. The minimum absolute atomic E-state index is 0.00113. The molecule has 1 aromatic rings. The number of ketones is 1. The normalized spacial score (nSPS) is 26.8. The number of phenols is 1. The molecule has 7 heteroatoms. The van der Waals surface area contributed by atoms with Gasteiger partial charge in [0.1, 0.15) is 28.9 Å². The van der Waals surface area contributed by atoms with E-state index in [0.29, 0.717) is 0 Å². The highest BCUT2D eigenvalue weighted by atomic mass is 16.6. The van der Waals surface area contributed by atoms with Gasteiger partial charge in [-0.15, -0.1) is 0 Å². The van der Waals surface area contributed by atoms with E-state index >= 15 is 0 Å². The number of methoxy groups -OCH3 is 1. The fourth-order valence-electron chi connectivity index (χ4n) is 2.97. The number of carbonyl (C=O) groups is 2. The number of aliphatic hydroxyl groups excluding tert-OH is 2. The molecule has 2 atom stereocenters. The molecule has 0 saturated heterocycles. The van der Waals surface area contributed by atoms with Crippen molar-refractivity contribution >= 4 is 17.5 Å². The van der Waals surface area contributed by atoms with Crippen LogP contribution in [0.4, 0.5) is 0 Å². The number of hydrogen-bond donors (Lipinski definition) is 3. The van der Waals surface area contributed by atoms with E-state index in [0.717, 1.165) is 7.11 Å². The highest BCUT2D eigenvalue weighted by Gasteiger charge is 2.60. The first-order valence-electron chi connectivity index (χ1n) is 6.68. The second-order valence-corrected chi connectivity index (χ2v) is 5.18. The topological polar surface area (TPSA) is 113 Å². The van der Waals surface area contributed by atoms with Crippen LogP contribution in [0.15, 0.2) is 23.8 Å². The van der Waals surface area contributed by atoms with Crippen LogP contribution < -0.4 is 4.74 Å². The van der Waals surface area contributed by atoms with Gasteiger partial charge in [0.15, 0.2) is 5.78 Å². The second-order valence-electron chi connectivity index (χ2n) is 5.18. The lowest BCUT2D eigenvalue weighted by Gasteiger charge is -2.42. The molecule has 1 saturated carbocycles. The van der Waals surface area contributed by atoms with Crippen LogP contribution in [0.5, 0.6) is 11.5 Å². The SMILES string of the molecule is COC(=O)[C@]12Oc3cccc(O)c3C(O)=C1C(=O)CC[C@@H]2O. The standard InChI is InChI=1S/C15H14O7/c1-21-14(20)15-10(18)6-5-8(17)12(15)13(19)11-7(16)3-2-4-9(11)22-15/h2-4,10,16,18-19H,5-6H2,1H3/t10-,15+/m0/s1. The number of rotatable bonds is 1. The van der Waals surface area contributed by atoms with Crippen molar-refractivity contribution < 1.29 is 34.4 Å². The van der Waals surface area contributed by atoms with Crippen molar-refractivity contribution in [3.05, 3.63) is 29.3 Å². The molecule has 1 fully saturated rings. The summed E-state index contributed by atoms with van der Waals surface area (Å²) in [6.07, 6.45) is -1.41. The lowest BCUT2D eigenvalue weighted by Crippen LogP contribution is -2.61. The Labute approximate surface area is 125 Å². The van der Waals surface area contributed by atoms with Gasteiger partial charge in [0.05, 0.1) is 12.7 Å². The fourth-order valence-corrected chi connectivity index (χ4v) is 2.97. The van der Waals surface area contributed by atoms with Crippen LogP contribution in [0, 0.1) is 0 Å². The molecule has 0 spiro atoms. The predicted molar refractivity (Wildman–Crippen MR) is 73.3 cm³/mol. The Balaban J connectivity index is 2.34. The number of hydrogen-bond acceptors (Lipinski definition) is 7. The Morgan fingerprint density at radius 1 is 1.41 bits per heavy atom. The van der Waals surface area contributed by atoms with Crippen LogP contribution in [-0.4, -0.2) is 45.9 Å². The Morgan fingerprint density at radius 3 is 2.82 bits per heavy atom. The summed E-state index contributed by atoms with van der Waals surface area (Å²) in [5.74, 6) is -2.41. The van der Waals surface area contributed by atoms with Gasteiger partial charge >= 0.3 is 5.97 Å². The number of carbonyl (C=O) groups excluding carboxylic acids is 2. The maximum Gasteiger partial charge on any atom is 0.358 e. The first-order valence-corrected chi connectivity index (χ1v) is 6.68. The van der Waals surface area contributed by atoms with Crippen molar-refractivity contribution in [3.8, 4) is 11.5 Å². The third-order valence-corrected chi connectivity index (χ3v) is 4.00. The Morgan fingerprint density at radius 2 is 2.14 bits per heavy atom. The predicted octanol–water partition coefficient (Wildman–Crippen LogP) is 0.689. The third kappa shape index (κ3) is 1.66. The average molecular weight is 306 g/mol. The van der Waals surface area contributed by atoms with E-state index in [1.807, 2.05) is 0 Å². The van der Waals surface area contributed by atoms with Crippen LogP contribution in [0.2, 0.25) is 0 Å². The number of fused-ring (bicyclic) bond motifs is 2. The molecular formula is C15H14O7. The minimum Gasteiger partial charge on any atom is -0.507 e. The van der Waals surface area contributed by atoms with Crippen molar-refractivity contribution in [1.29, 1.82) is 0 Å². The minimum atomic E-state index is -2.12. The summed E-state index contributed by atoms with van der Waals surface area (Å²) >= 11 is 0. The quantitative estimate of drug-likeness (QED) is 0.654. The van der Waals surface area contributed by atoms with E-state index in [4.69, 9.17) is 4.74 Å². The first-order chi connectivity index (χ1) is 10.4. The molecule has 0 aromatic heterocycles. The number of aromatic hydroxyl groups is 1. The van der Waals surface area contributed by atoms with Crippen molar-refractivity contribution in [1.82, 2.24) is 0 Å². The summed E-state index contributed by atoms with van der Waals surface area (Å²) in [7, 11) is 1.10. The summed E-state index contributed by atoms with van der Waals surface area (Å²) in [6, 6.07) is 4.18. The number of esters is 1. The third-order valence-electron chi connectivity index (χ3n) is 4.00. The summed E-state index contributed by atoms with van der Waals surface area (Å²) in [4.78, 5) is 24.5. The number of Topliss-reactive ketones (excluding diaryl/α,β-unsaturated/α-hetero) is 1. The summed E-state index contributed by atoms with van der Waals surface area (Å²) in [5, 5.41) is 30.6. The van der Waals surface area contributed by atoms with Crippen LogP contribution in [0.25, 0.3) is 5.76 Å². The molecule has 0 unspecified atom stereocenters. The summed E-state index contributed by atoms with van der Waals surface area (Å²) < 4.78 is 10.3. The van der Waals surface area contributed by atoms with E-state index in [1.165, 1.54) is 18.2 Å². The average Bonchev–Trinajstić information content (AvgIpc) is 2.49. The molecule has 0 amide bonds. The maximum atomic E-state index is 12.3. The molecule has 0 bridgehead atoms. The largest absolute Gasteiger partial charge is 0.507 e. The zero-order valence-electron chi connectivity index (χ0n) is 11.7. The van der Waals surface area contributed by atoms with E-state index in [-0.39, 0.29) is 35.5 Å². The van der Waals surface area contributed by atoms with Gasteiger partial charge in [-0.3, -0.25) is 4.79 Å². The molecule has 22 heavy (non-hydrogen) atoms. The molecule has 2 aliphatic rings. The lowest BCUT2D eigenvalue weighted by atomic mass is 9.74. The summed E-state index contributed by atoms with van der Waals surface area (Å²) in [6.45, 7) is 0. The lowest BCUT2D eigenvalue weighted by molar-refractivity contribution is -0.169. The highest BCUT2D eigenvalue weighted by molar-refractivity contribution is 6.12. The Bertz CT molecular complexity index is 706. The molecule has 1 aromatic carbocycles. The molecule has 3 rings (SSSR count). The maximum absolute atomic E-state index is 12.3. The van der Waals surface area contributed by atoms with Gasteiger partial charge in [-0.05, 0) is 18.6 Å². The van der Waals surface area contributed by atoms with Crippen molar-refractivity contribution in [2.24, 2.45) is 0 Å². The van der Waals surface area contributed by atoms with Crippen molar-refractivity contribution in [2.75, 3.05) is 7.11 Å². The highest BCUT2D eigenvalue weighted by Crippen LogP contribution is 2.48. The van der Waals surface area contributed by atoms with E-state index in [2.05, 4.69) is 4.74 Å². The van der Waals surface area contributed by atoms with Gasteiger partial charge < -0.3 is 24.8 Å². The molecular weight excluding hydrogens is 292 g/mol. The summed E-state index contributed by atoms with van der Waals surface area (Å²) in [5.41, 5.74) is -2.58. The van der Waals surface area contributed by atoms with E-state index in [1.54, 1.807) is 0 Å². The molecule has 3 N–H and O–H groups in total. The molecule has 1 aliphatic carbocycles. The number of aliphatic hydroxyl groups is 2. The van der Waals surface area contributed by atoms with Crippen LogP contribution in [0.1, 0.15) is 18.4 Å². The molecule has 1 aliphatic heterocycles. The van der Waals surface area contributed by atoms with Crippen molar-refractivity contribution in [2.45, 2.75) is 24.5 Å².